The molecule has 0 heterocycles. The predicted molar refractivity (Wildman–Crippen MR) is 65.3 cm³/mol. The average Bonchev–Trinajstić information content (AvgIpc) is 3.02. The van der Waals surface area contributed by atoms with Crippen molar-refractivity contribution in [2.75, 3.05) is 0 Å². The highest BCUT2D eigenvalue weighted by Crippen LogP contribution is 2.36. The Labute approximate surface area is 101 Å². The van der Waals surface area contributed by atoms with Crippen LogP contribution < -0.4 is 5.73 Å². The highest BCUT2D eigenvalue weighted by atomic mass is 35.5. The lowest BCUT2D eigenvalue weighted by Crippen LogP contribution is -2.10. The van der Waals surface area contributed by atoms with E-state index in [1.807, 2.05) is 18.2 Å². The van der Waals surface area contributed by atoms with Crippen LogP contribution in [0.3, 0.4) is 0 Å². The van der Waals surface area contributed by atoms with Crippen molar-refractivity contribution in [3.8, 4) is 0 Å². The molecule has 82 valence electrons. The van der Waals surface area contributed by atoms with Gasteiger partial charge < -0.3 is 5.73 Å². The van der Waals surface area contributed by atoms with E-state index in [1.54, 1.807) is 0 Å². The molecule has 0 aromatic heterocycles. The number of hydrogen-bond acceptors (Lipinski definition) is 1. The smallest absolute Gasteiger partial charge is 0.0595 e. The van der Waals surface area contributed by atoms with E-state index in [1.165, 1.54) is 19.3 Å². The molecule has 2 rings (SSSR count). The molecule has 1 unspecified atom stereocenters. The zero-order valence-electron chi connectivity index (χ0n) is 8.55. The molecule has 0 radical (unpaired) electrons. The maximum Gasteiger partial charge on any atom is 0.0595 e. The summed E-state index contributed by atoms with van der Waals surface area (Å²) in [5.74, 6) is 0.929. The lowest BCUT2D eigenvalue weighted by molar-refractivity contribution is 0.575. The predicted octanol–water partition coefficient (Wildman–Crippen LogP) is 4.18. The number of hydrogen-bond donors (Lipinski definition) is 1. The molecule has 0 aliphatic heterocycles. The Bertz CT molecular complexity index is 347. The van der Waals surface area contributed by atoms with E-state index in [-0.39, 0.29) is 6.04 Å². The van der Waals surface area contributed by atoms with Crippen molar-refractivity contribution in [1.82, 2.24) is 0 Å². The van der Waals surface area contributed by atoms with Gasteiger partial charge in [-0.05, 0) is 36.5 Å². The molecule has 1 atom stereocenters. The molecule has 0 bridgehead atoms. The van der Waals surface area contributed by atoms with E-state index in [9.17, 15) is 0 Å². The molecule has 1 nitrogen and oxygen atoms in total. The maximum absolute atomic E-state index is 6.09. The molecule has 1 aromatic rings. The molecule has 1 fully saturated rings. The Hall–Kier alpha value is -0.240. The standard InChI is InChI=1S/C12H15Cl2N/c13-10-5-4-9(7-11(10)14)12(15)6-3-8-1-2-8/h4-5,7-8,12H,1-3,6,15H2. The fourth-order valence-electron chi connectivity index (χ4n) is 1.73. The number of halogens is 2. The van der Waals surface area contributed by atoms with Crippen LogP contribution in [0.2, 0.25) is 10.0 Å². The zero-order chi connectivity index (χ0) is 10.8. The van der Waals surface area contributed by atoms with Gasteiger partial charge in [0.05, 0.1) is 10.0 Å². The van der Waals surface area contributed by atoms with Crippen molar-refractivity contribution in [3.63, 3.8) is 0 Å². The van der Waals surface area contributed by atoms with Gasteiger partial charge in [-0.3, -0.25) is 0 Å². The van der Waals surface area contributed by atoms with Gasteiger partial charge >= 0.3 is 0 Å². The van der Waals surface area contributed by atoms with Gasteiger partial charge in [-0.15, -0.1) is 0 Å². The molecule has 3 heteroatoms. The third-order valence-corrected chi connectivity index (χ3v) is 3.69. The topological polar surface area (TPSA) is 26.0 Å². The van der Waals surface area contributed by atoms with Gasteiger partial charge in [0.2, 0.25) is 0 Å². The second-order valence-corrected chi connectivity index (χ2v) is 5.12. The number of rotatable bonds is 4. The largest absolute Gasteiger partial charge is 0.324 e. The van der Waals surface area contributed by atoms with Crippen LogP contribution in [-0.4, -0.2) is 0 Å². The Morgan fingerprint density at radius 3 is 2.60 bits per heavy atom. The lowest BCUT2D eigenvalue weighted by Gasteiger charge is -2.12. The molecule has 0 spiro atoms. The highest BCUT2D eigenvalue weighted by molar-refractivity contribution is 6.42. The van der Waals surface area contributed by atoms with E-state index in [0.717, 1.165) is 17.9 Å². The summed E-state index contributed by atoms with van der Waals surface area (Å²) in [5.41, 5.74) is 7.18. The van der Waals surface area contributed by atoms with Crippen LogP contribution in [0, 0.1) is 5.92 Å². The maximum atomic E-state index is 6.09. The molecule has 1 aliphatic carbocycles. The summed E-state index contributed by atoms with van der Waals surface area (Å²) >= 11 is 11.8. The third kappa shape index (κ3) is 3.10. The second-order valence-electron chi connectivity index (χ2n) is 4.30. The third-order valence-electron chi connectivity index (χ3n) is 2.95. The van der Waals surface area contributed by atoms with Gasteiger partial charge in [-0.25, -0.2) is 0 Å². The fraction of sp³-hybridized carbons (Fsp3) is 0.500. The molecular formula is C12H15Cl2N. The van der Waals surface area contributed by atoms with Crippen molar-refractivity contribution in [2.24, 2.45) is 11.7 Å². The van der Waals surface area contributed by atoms with Gasteiger partial charge in [0.15, 0.2) is 0 Å². The first-order chi connectivity index (χ1) is 7.16. The Morgan fingerprint density at radius 1 is 1.27 bits per heavy atom. The summed E-state index contributed by atoms with van der Waals surface area (Å²) in [7, 11) is 0. The van der Waals surface area contributed by atoms with Crippen LogP contribution in [0.5, 0.6) is 0 Å². The van der Waals surface area contributed by atoms with E-state index >= 15 is 0 Å². The van der Waals surface area contributed by atoms with Crippen molar-refractivity contribution in [3.05, 3.63) is 33.8 Å². The monoisotopic (exact) mass is 243 g/mol. The van der Waals surface area contributed by atoms with Crippen LogP contribution in [0.25, 0.3) is 0 Å². The van der Waals surface area contributed by atoms with Crippen LogP contribution in [0.4, 0.5) is 0 Å². The highest BCUT2D eigenvalue weighted by Gasteiger charge is 2.22. The van der Waals surface area contributed by atoms with Crippen molar-refractivity contribution in [2.45, 2.75) is 31.7 Å². The van der Waals surface area contributed by atoms with Crippen LogP contribution in [-0.2, 0) is 0 Å². The summed E-state index contributed by atoms with van der Waals surface area (Å²) in [6.07, 6.45) is 5.05. The summed E-state index contributed by atoms with van der Waals surface area (Å²) in [6, 6.07) is 5.75. The average molecular weight is 244 g/mol. The summed E-state index contributed by atoms with van der Waals surface area (Å²) in [5, 5.41) is 1.19. The van der Waals surface area contributed by atoms with Gasteiger partial charge in [-0.1, -0.05) is 42.1 Å². The first-order valence-electron chi connectivity index (χ1n) is 5.37. The van der Waals surface area contributed by atoms with Gasteiger partial charge in [0, 0.05) is 6.04 Å². The van der Waals surface area contributed by atoms with E-state index in [0.29, 0.717) is 10.0 Å². The van der Waals surface area contributed by atoms with Crippen molar-refractivity contribution < 1.29 is 0 Å². The molecule has 0 amide bonds. The quantitative estimate of drug-likeness (QED) is 0.844. The first kappa shape index (κ1) is 11.3. The number of nitrogens with two attached hydrogens (primary N) is 1. The Kier molecular flexibility index (Phi) is 3.55. The van der Waals surface area contributed by atoms with Crippen LogP contribution >= 0.6 is 23.2 Å². The SMILES string of the molecule is NC(CCC1CC1)c1ccc(Cl)c(Cl)c1. The molecule has 1 aromatic carbocycles. The molecular weight excluding hydrogens is 229 g/mol. The molecule has 1 saturated carbocycles. The van der Waals surface area contributed by atoms with Gasteiger partial charge in [0.25, 0.3) is 0 Å². The summed E-state index contributed by atoms with van der Waals surface area (Å²) in [4.78, 5) is 0. The fourth-order valence-corrected chi connectivity index (χ4v) is 2.04. The van der Waals surface area contributed by atoms with Crippen molar-refractivity contribution in [1.29, 1.82) is 0 Å². The van der Waals surface area contributed by atoms with Gasteiger partial charge in [0.1, 0.15) is 0 Å². The molecule has 2 N–H and O–H groups in total. The minimum atomic E-state index is 0.0976. The lowest BCUT2D eigenvalue weighted by atomic mass is 10.0. The van der Waals surface area contributed by atoms with E-state index < -0.39 is 0 Å². The molecule has 15 heavy (non-hydrogen) atoms. The molecule has 0 saturated heterocycles. The van der Waals surface area contributed by atoms with E-state index in [4.69, 9.17) is 28.9 Å². The minimum Gasteiger partial charge on any atom is -0.324 e. The molecule has 1 aliphatic rings. The first-order valence-corrected chi connectivity index (χ1v) is 6.13. The van der Waals surface area contributed by atoms with E-state index in [2.05, 4.69) is 0 Å². The Morgan fingerprint density at radius 2 is 2.00 bits per heavy atom. The Balaban J connectivity index is 1.97. The summed E-state index contributed by atoms with van der Waals surface area (Å²) in [6.45, 7) is 0. The van der Waals surface area contributed by atoms with Crippen LogP contribution in [0.1, 0.15) is 37.3 Å². The zero-order valence-corrected chi connectivity index (χ0v) is 10.1. The summed E-state index contributed by atoms with van der Waals surface area (Å²) < 4.78 is 0. The van der Waals surface area contributed by atoms with Gasteiger partial charge in [-0.2, -0.15) is 0 Å². The second kappa shape index (κ2) is 4.73. The normalized spacial score (nSPS) is 17.8. The number of benzene rings is 1. The van der Waals surface area contributed by atoms with Crippen molar-refractivity contribution >= 4 is 23.2 Å². The van der Waals surface area contributed by atoms with Crippen LogP contribution in [0.15, 0.2) is 18.2 Å². The minimum absolute atomic E-state index is 0.0976.